The van der Waals surface area contributed by atoms with Crippen molar-refractivity contribution in [3.63, 3.8) is 0 Å². The van der Waals surface area contributed by atoms with Crippen molar-refractivity contribution in [2.24, 2.45) is 0 Å². The lowest BCUT2D eigenvalue weighted by atomic mass is 10.1. The molecular weight excluding hydrogens is 276 g/mol. The van der Waals surface area contributed by atoms with Gasteiger partial charge in [0, 0.05) is 0 Å². The molecule has 0 bridgehead atoms. The third-order valence-electron chi connectivity index (χ3n) is 4.79. The van der Waals surface area contributed by atoms with Crippen molar-refractivity contribution in [1.82, 2.24) is 0 Å². The zero-order valence-corrected chi connectivity index (χ0v) is 16.5. The fraction of sp³-hybridized carbons (Fsp3) is 1.00. The van der Waals surface area contributed by atoms with Gasteiger partial charge in [-0.1, -0.05) is 79.1 Å². The molecule has 0 heterocycles. The van der Waals surface area contributed by atoms with E-state index in [1.807, 2.05) is 0 Å². The van der Waals surface area contributed by atoms with Crippen LogP contribution in [0.1, 0.15) is 91.9 Å². The van der Waals surface area contributed by atoms with Crippen LogP contribution in [0.15, 0.2) is 0 Å². The number of hydrogen-bond donors (Lipinski definition) is 1. The Morgan fingerprint density at radius 3 is 1.71 bits per heavy atom. The summed E-state index contributed by atoms with van der Waals surface area (Å²) in [5.41, 5.74) is 0. The van der Waals surface area contributed by atoms with Crippen molar-refractivity contribution in [3.05, 3.63) is 0 Å². The molecule has 3 heteroatoms. The number of rotatable bonds is 12. The van der Waals surface area contributed by atoms with Crippen molar-refractivity contribution < 1.29 is 9.53 Å². The van der Waals surface area contributed by atoms with Crippen LogP contribution in [0.4, 0.5) is 0 Å². The lowest BCUT2D eigenvalue weighted by molar-refractivity contribution is -0.0352. The topological polar surface area (TPSA) is 29.5 Å². The van der Waals surface area contributed by atoms with Crippen LogP contribution in [0.5, 0.6) is 0 Å². The van der Waals surface area contributed by atoms with Crippen molar-refractivity contribution >= 4 is 8.32 Å². The molecule has 0 aromatic rings. The van der Waals surface area contributed by atoms with Gasteiger partial charge in [-0.15, -0.1) is 0 Å². The first-order chi connectivity index (χ1) is 9.70. The minimum Gasteiger partial charge on any atom is -0.392 e. The Hall–Kier alpha value is 0.137. The molecule has 128 valence electrons. The second-order valence-corrected chi connectivity index (χ2v) is 12.7. The lowest BCUT2D eigenvalue weighted by Crippen LogP contribution is -2.43. The van der Waals surface area contributed by atoms with Crippen molar-refractivity contribution in [1.29, 1.82) is 0 Å². The SMILES string of the molecule is CCCCCCCCCCCC(O)O[Si](C)(C)C(C)(C)C. The van der Waals surface area contributed by atoms with Gasteiger partial charge in [0.25, 0.3) is 0 Å². The summed E-state index contributed by atoms with van der Waals surface area (Å²) in [4.78, 5) is 0. The van der Waals surface area contributed by atoms with Gasteiger partial charge in [-0.25, -0.2) is 0 Å². The molecule has 0 fully saturated rings. The summed E-state index contributed by atoms with van der Waals surface area (Å²) >= 11 is 0. The molecule has 0 aliphatic carbocycles. The summed E-state index contributed by atoms with van der Waals surface area (Å²) in [5, 5.41) is 10.2. The van der Waals surface area contributed by atoms with Gasteiger partial charge in [-0.3, -0.25) is 0 Å². The Kier molecular flexibility index (Phi) is 10.9. The maximum Gasteiger partial charge on any atom is 0.195 e. The molecule has 1 unspecified atom stereocenters. The van der Waals surface area contributed by atoms with E-state index < -0.39 is 14.6 Å². The summed E-state index contributed by atoms with van der Waals surface area (Å²) in [5.74, 6) is 0. The van der Waals surface area contributed by atoms with Crippen molar-refractivity contribution in [2.75, 3.05) is 0 Å². The maximum absolute atomic E-state index is 10.1. The first-order valence-corrected chi connectivity index (χ1v) is 12.0. The summed E-state index contributed by atoms with van der Waals surface area (Å²) < 4.78 is 5.97. The quantitative estimate of drug-likeness (QED) is 0.262. The molecule has 0 saturated carbocycles. The predicted molar refractivity (Wildman–Crippen MR) is 96.1 cm³/mol. The summed E-state index contributed by atoms with van der Waals surface area (Å²) in [6.45, 7) is 13.3. The zero-order chi connectivity index (χ0) is 16.4. The minimum atomic E-state index is -1.81. The highest BCUT2D eigenvalue weighted by Gasteiger charge is 2.38. The van der Waals surface area contributed by atoms with E-state index in [4.69, 9.17) is 4.43 Å². The van der Waals surface area contributed by atoms with Gasteiger partial charge in [0.05, 0.1) is 0 Å². The van der Waals surface area contributed by atoms with Gasteiger partial charge < -0.3 is 9.53 Å². The Balaban J connectivity index is 3.56. The first-order valence-electron chi connectivity index (χ1n) is 9.06. The molecule has 0 aliphatic heterocycles. The lowest BCUT2D eigenvalue weighted by Gasteiger charge is -2.37. The van der Waals surface area contributed by atoms with Crippen LogP contribution in [-0.2, 0) is 4.43 Å². The number of aliphatic hydroxyl groups is 1. The van der Waals surface area contributed by atoms with Crippen LogP contribution in [0.3, 0.4) is 0 Å². The smallest absolute Gasteiger partial charge is 0.195 e. The molecule has 0 aliphatic rings. The van der Waals surface area contributed by atoms with Crippen LogP contribution in [0.25, 0.3) is 0 Å². The molecule has 0 radical (unpaired) electrons. The molecular formula is C18H40O2Si. The van der Waals surface area contributed by atoms with Crippen LogP contribution in [-0.4, -0.2) is 19.7 Å². The van der Waals surface area contributed by atoms with Gasteiger partial charge in [-0.2, -0.15) is 0 Å². The highest BCUT2D eigenvalue weighted by Crippen LogP contribution is 2.37. The zero-order valence-electron chi connectivity index (χ0n) is 15.5. The maximum atomic E-state index is 10.1. The molecule has 0 rings (SSSR count). The Bertz CT molecular complexity index is 246. The van der Waals surface area contributed by atoms with Crippen LogP contribution in [0, 0.1) is 0 Å². The van der Waals surface area contributed by atoms with Gasteiger partial charge in [0.15, 0.2) is 8.32 Å². The van der Waals surface area contributed by atoms with E-state index in [-0.39, 0.29) is 5.04 Å². The largest absolute Gasteiger partial charge is 0.392 e. The summed E-state index contributed by atoms with van der Waals surface area (Å²) in [6, 6.07) is 0. The third kappa shape index (κ3) is 10.5. The minimum absolute atomic E-state index is 0.173. The molecule has 0 aromatic carbocycles. The molecule has 21 heavy (non-hydrogen) atoms. The average molecular weight is 317 g/mol. The molecule has 2 nitrogen and oxygen atoms in total. The van der Waals surface area contributed by atoms with Crippen molar-refractivity contribution in [2.45, 2.75) is 116 Å². The molecule has 0 saturated heterocycles. The fourth-order valence-corrected chi connectivity index (χ4v) is 3.36. The van der Waals surface area contributed by atoms with Gasteiger partial charge in [-0.05, 0) is 31.0 Å². The first kappa shape index (κ1) is 21.1. The van der Waals surface area contributed by atoms with E-state index >= 15 is 0 Å². The summed E-state index contributed by atoms with van der Waals surface area (Å²) in [6.07, 6.45) is 12.1. The highest BCUT2D eigenvalue weighted by molar-refractivity contribution is 6.74. The van der Waals surface area contributed by atoms with E-state index in [1.54, 1.807) is 0 Å². The average Bonchev–Trinajstić information content (AvgIpc) is 2.35. The Morgan fingerprint density at radius 1 is 0.857 bits per heavy atom. The summed E-state index contributed by atoms with van der Waals surface area (Å²) in [7, 11) is -1.81. The van der Waals surface area contributed by atoms with E-state index in [9.17, 15) is 5.11 Å². The van der Waals surface area contributed by atoms with Crippen LogP contribution in [0.2, 0.25) is 18.1 Å². The normalized spacial score (nSPS) is 14.4. The van der Waals surface area contributed by atoms with Crippen molar-refractivity contribution in [3.8, 4) is 0 Å². The molecule has 0 amide bonds. The van der Waals surface area contributed by atoms with Gasteiger partial charge in [0.2, 0.25) is 0 Å². The fourth-order valence-electron chi connectivity index (χ4n) is 2.21. The third-order valence-corrected chi connectivity index (χ3v) is 9.27. The number of aliphatic hydroxyl groups excluding tert-OH is 1. The van der Waals surface area contributed by atoms with Crippen LogP contribution < -0.4 is 0 Å². The number of hydrogen-bond acceptors (Lipinski definition) is 2. The van der Waals surface area contributed by atoms with E-state index in [0.29, 0.717) is 0 Å². The van der Waals surface area contributed by atoms with E-state index in [1.165, 1.54) is 51.4 Å². The van der Waals surface area contributed by atoms with Gasteiger partial charge >= 0.3 is 0 Å². The van der Waals surface area contributed by atoms with Gasteiger partial charge in [0.1, 0.15) is 6.29 Å². The van der Waals surface area contributed by atoms with E-state index in [2.05, 4.69) is 40.8 Å². The monoisotopic (exact) mass is 316 g/mol. The molecule has 1 N–H and O–H groups in total. The second-order valence-electron chi connectivity index (χ2n) is 7.95. The number of unbranched alkanes of at least 4 members (excludes halogenated alkanes) is 8. The molecule has 0 aromatic heterocycles. The Labute approximate surface area is 134 Å². The van der Waals surface area contributed by atoms with Crippen LogP contribution >= 0.6 is 0 Å². The molecule has 1 atom stereocenters. The second kappa shape index (κ2) is 10.8. The molecule has 0 spiro atoms. The predicted octanol–water partition coefficient (Wildman–Crippen LogP) is 6.25. The standard InChI is InChI=1S/C18H40O2Si/c1-7-8-9-10-11-12-13-14-15-16-17(19)20-21(5,6)18(2,3)4/h17,19H,7-16H2,1-6H3. The Morgan fingerprint density at radius 2 is 1.29 bits per heavy atom. The van der Waals surface area contributed by atoms with E-state index in [0.717, 1.165) is 12.8 Å². The highest BCUT2D eigenvalue weighted by atomic mass is 28.4.